The lowest BCUT2D eigenvalue weighted by Gasteiger charge is -2.35. The van der Waals surface area contributed by atoms with E-state index < -0.39 is 23.3 Å². The van der Waals surface area contributed by atoms with Crippen molar-refractivity contribution >= 4 is 33.3 Å². The van der Waals surface area contributed by atoms with Crippen LogP contribution in [0.4, 0.5) is 11.8 Å². The van der Waals surface area contributed by atoms with Crippen LogP contribution in [0.3, 0.4) is 0 Å². The van der Waals surface area contributed by atoms with Crippen LogP contribution in [-0.4, -0.2) is 59.2 Å². The molecule has 0 aliphatic heterocycles. The summed E-state index contributed by atoms with van der Waals surface area (Å²) in [6.07, 6.45) is 3.24. The van der Waals surface area contributed by atoms with Crippen LogP contribution in [0.15, 0.2) is 36.5 Å². The van der Waals surface area contributed by atoms with Gasteiger partial charge in [-0.15, -0.1) is 11.3 Å². The predicted octanol–water partition coefficient (Wildman–Crippen LogP) is 4.62. The van der Waals surface area contributed by atoms with Gasteiger partial charge in [-0.1, -0.05) is 31.2 Å². The normalized spacial score (nSPS) is 23.6. The first kappa shape index (κ1) is 28.0. The van der Waals surface area contributed by atoms with E-state index in [-0.39, 0.29) is 11.8 Å². The van der Waals surface area contributed by atoms with E-state index in [9.17, 15) is 15.3 Å². The molecule has 1 saturated carbocycles. The quantitative estimate of drug-likeness (QED) is 0.200. The molecule has 0 saturated heterocycles. The highest BCUT2D eigenvalue weighted by Gasteiger charge is 2.52. The zero-order chi connectivity index (χ0) is 29.2. The summed E-state index contributed by atoms with van der Waals surface area (Å²) in [6, 6.07) is 10.5. The number of hydrogen-bond donors (Lipinski definition) is 5. The Hall–Kier alpha value is -3.18. The van der Waals surface area contributed by atoms with Gasteiger partial charge in [-0.25, -0.2) is 9.97 Å². The Balaban J connectivity index is 1.36. The second-order valence-electron chi connectivity index (χ2n) is 12.7. The number of benzene rings is 1. The lowest BCUT2D eigenvalue weighted by atomic mass is 9.87. The van der Waals surface area contributed by atoms with Gasteiger partial charge in [-0.2, -0.15) is 4.98 Å². The van der Waals surface area contributed by atoms with Gasteiger partial charge in [0.05, 0.1) is 27.3 Å². The van der Waals surface area contributed by atoms with Crippen molar-refractivity contribution in [3.63, 3.8) is 0 Å². The monoisotopic (exact) mass is 574 g/mol. The van der Waals surface area contributed by atoms with Crippen molar-refractivity contribution in [1.29, 1.82) is 0 Å². The molecule has 3 aromatic heterocycles. The third-order valence-electron chi connectivity index (χ3n) is 8.77. The van der Waals surface area contributed by atoms with Crippen molar-refractivity contribution in [2.45, 2.75) is 77.7 Å². The zero-order valence-electron chi connectivity index (χ0n) is 24.2. The van der Waals surface area contributed by atoms with Crippen molar-refractivity contribution in [1.82, 2.24) is 19.9 Å². The van der Waals surface area contributed by atoms with Crippen molar-refractivity contribution in [3.8, 4) is 10.6 Å². The van der Waals surface area contributed by atoms with E-state index in [4.69, 9.17) is 15.0 Å². The molecule has 10 heteroatoms. The van der Waals surface area contributed by atoms with Gasteiger partial charge in [0, 0.05) is 18.7 Å². The molecule has 9 nitrogen and oxygen atoms in total. The van der Waals surface area contributed by atoms with Crippen LogP contribution in [0, 0.1) is 25.2 Å². The minimum Gasteiger partial charge on any atom is -0.390 e. The van der Waals surface area contributed by atoms with E-state index in [1.54, 1.807) is 20.0 Å². The number of pyridine rings is 1. The maximum absolute atomic E-state index is 11.6. The van der Waals surface area contributed by atoms with Crippen LogP contribution in [0.2, 0.25) is 0 Å². The smallest absolute Gasteiger partial charge is 0.224 e. The Bertz CT molecular complexity index is 1590. The predicted molar refractivity (Wildman–Crippen MR) is 162 cm³/mol. The Kier molecular flexibility index (Phi) is 6.80. The van der Waals surface area contributed by atoms with E-state index >= 15 is 0 Å². The molecule has 3 atom stereocenters. The Morgan fingerprint density at radius 3 is 2.39 bits per heavy atom. The molecule has 5 N–H and O–H groups in total. The highest BCUT2D eigenvalue weighted by Crippen LogP contribution is 2.44. The second-order valence-corrected chi connectivity index (χ2v) is 13.7. The summed E-state index contributed by atoms with van der Waals surface area (Å²) in [5.74, 6) is 0.339. The van der Waals surface area contributed by atoms with Gasteiger partial charge >= 0.3 is 0 Å². The summed E-state index contributed by atoms with van der Waals surface area (Å²) >= 11 is 1.51. The minimum atomic E-state index is -1.68. The molecule has 4 aromatic rings. The number of anilines is 2. The fraction of sp³-hybridized carbons (Fsp3) is 0.484. The summed E-state index contributed by atoms with van der Waals surface area (Å²) < 4.78 is 0.996. The van der Waals surface area contributed by atoms with Crippen LogP contribution in [0.5, 0.6) is 0 Å². The van der Waals surface area contributed by atoms with Gasteiger partial charge in [-0.3, -0.25) is 4.98 Å². The molecule has 6 rings (SSSR count). The molecule has 216 valence electrons. The fourth-order valence-electron chi connectivity index (χ4n) is 6.48. The summed E-state index contributed by atoms with van der Waals surface area (Å²) in [5, 5.41) is 40.8. The Morgan fingerprint density at radius 2 is 1.76 bits per heavy atom. The van der Waals surface area contributed by atoms with Crippen LogP contribution in [-0.2, 0) is 12.8 Å². The molecule has 0 amide bonds. The van der Waals surface area contributed by atoms with E-state index in [0.29, 0.717) is 41.0 Å². The highest BCUT2D eigenvalue weighted by molar-refractivity contribution is 7.21. The molecular formula is C31H38N6O3S. The van der Waals surface area contributed by atoms with Crippen molar-refractivity contribution in [2.75, 3.05) is 17.2 Å². The number of aryl methyl sites for hydroxylation is 2. The van der Waals surface area contributed by atoms with Crippen molar-refractivity contribution in [2.24, 2.45) is 11.3 Å². The maximum Gasteiger partial charge on any atom is 0.224 e. The number of rotatable bonds is 7. The van der Waals surface area contributed by atoms with E-state index in [2.05, 4.69) is 46.8 Å². The van der Waals surface area contributed by atoms with Gasteiger partial charge in [-0.05, 0) is 76.0 Å². The Labute approximate surface area is 244 Å². The molecule has 3 unspecified atom stereocenters. The first-order valence-corrected chi connectivity index (χ1v) is 15.0. The van der Waals surface area contributed by atoms with E-state index in [0.717, 1.165) is 28.8 Å². The number of thiazole rings is 1. The van der Waals surface area contributed by atoms with Crippen LogP contribution >= 0.6 is 11.3 Å². The molecule has 41 heavy (non-hydrogen) atoms. The molecule has 0 spiro atoms. The lowest BCUT2D eigenvalue weighted by molar-refractivity contribution is -0.0926. The largest absolute Gasteiger partial charge is 0.390 e. The summed E-state index contributed by atoms with van der Waals surface area (Å²) in [6.45, 7) is 10.1. The van der Waals surface area contributed by atoms with Crippen LogP contribution in [0.25, 0.3) is 20.8 Å². The first-order chi connectivity index (χ1) is 19.4. The number of fused-ring (bicyclic) bond motifs is 2. The van der Waals surface area contributed by atoms with Gasteiger partial charge in [0.15, 0.2) is 5.72 Å². The topological polar surface area (TPSA) is 136 Å². The van der Waals surface area contributed by atoms with Crippen molar-refractivity contribution in [3.05, 3.63) is 59.0 Å². The van der Waals surface area contributed by atoms with E-state index in [1.807, 2.05) is 19.9 Å². The van der Waals surface area contributed by atoms with Crippen LogP contribution < -0.4 is 10.6 Å². The SMILES string of the molecule is Cc1nc(NCC2(C)Cc3ccccc3C2)nc(NC2(O)CCC(C(C)(C)O)C2O)c1-c1nc2c(C)nccc2s1. The van der Waals surface area contributed by atoms with Crippen molar-refractivity contribution < 1.29 is 15.3 Å². The summed E-state index contributed by atoms with van der Waals surface area (Å²) in [5.41, 5.74) is 2.98. The first-order valence-electron chi connectivity index (χ1n) is 14.2. The van der Waals surface area contributed by atoms with Gasteiger partial charge in [0.1, 0.15) is 22.4 Å². The minimum absolute atomic E-state index is 0.0184. The number of aromatic nitrogens is 4. The third-order valence-corrected chi connectivity index (χ3v) is 9.81. The standard InChI is InChI=1S/C31H38N6O3S/c1-17-23(27-35-24-18(2)32-13-11-22(24)41-27)26(37-31(40)12-10-21(25(31)38)29(3,4)39)36-28(34-17)33-16-30(5)14-19-8-6-7-9-20(19)15-30/h6-9,11,13,21,25,38-40H,10,12,14-16H2,1-5H3,(H2,33,34,36,37). The molecule has 3 heterocycles. The van der Waals surface area contributed by atoms with Gasteiger partial charge in [0.25, 0.3) is 0 Å². The van der Waals surface area contributed by atoms with Crippen LogP contribution in [0.1, 0.15) is 56.1 Å². The molecule has 1 fully saturated rings. The van der Waals surface area contributed by atoms with Gasteiger partial charge < -0.3 is 26.0 Å². The van der Waals surface area contributed by atoms with E-state index in [1.165, 1.54) is 22.5 Å². The Morgan fingerprint density at radius 1 is 1.05 bits per heavy atom. The lowest BCUT2D eigenvalue weighted by Crippen LogP contribution is -2.51. The maximum atomic E-state index is 11.6. The number of nitrogens with zero attached hydrogens (tertiary/aromatic N) is 4. The number of aliphatic hydroxyl groups excluding tert-OH is 1. The summed E-state index contributed by atoms with van der Waals surface area (Å²) in [4.78, 5) is 18.9. The molecule has 2 aliphatic carbocycles. The zero-order valence-corrected chi connectivity index (χ0v) is 25.0. The molecule has 0 bridgehead atoms. The third kappa shape index (κ3) is 5.18. The molecule has 2 aliphatic rings. The number of hydrogen-bond acceptors (Lipinski definition) is 10. The average molecular weight is 575 g/mol. The fourth-order valence-corrected chi connectivity index (χ4v) is 7.60. The number of nitrogens with one attached hydrogen (secondary N) is 2. The second kappa shape index (κ2) is 9.97. The average Bonchev–Trinajstić information content (AvgIpc) is 3.56. The molecule has 0 radical (unpaired) electrons. The molecular weight excluding hydrogens is 536 g/mol. The van der Waals surface area contributed by atoms with Gasteiger partial charge in [0.2, 0.25) is 5.95 Å². The highest BCUT2D eigenvalue weighted by atomic mass is 32.1. The number of aliphatic hydroxyl groups is 3. The molecule has 1 aromatic carbocycles. The summed E-state index contributed by atoms with van der Waals surface area (Å²) in [7, 11) is 0.